The molecule has 0 saturated carbocycles. The normalized spacial score (nSPS) is 11.9. The lowest BCUT2D eigenvalue weighted by molar-refractivity contribution is 0.598. The maximum Gasteiger partial charge on any atom is 0.240 e. The molecule has 2 rings (SSSR count). The zero-order valence-corrected chi connectivity index (χ0v) is 10.8. The van der Waals surface area contributed by atoms with Crippen LogP contribution in [0, 0.1) is 11.3 Å². The van der Waals surface area contributed by atoms with Crippen molar-refractivity contribution in [2.45, 2.75) is 4.90 Å². The van der Waals surface area contributed by atoms with E-state index in [4.69, 9.17) is 10.4 Å². The number of H-pyrrole nitrogens is 1. The summed E-state index contributed by atoms with van der Waals surface area (Å²) in [6.07, 6.45) is 1.27. The Morgan fingerprint density at radius 1 is 1.45 bits per heavy atom. The highest BCUT2D eigenvalue weighted by atomic mass is 32.2. The number of primary sulfonamides is 1. The summed E-state index contributed by atoms with van der Waals surface area (Å²) in [4.78, 5) is -0.0818. The van der Waals surface area contributed by atoms with E-state index >= 15 is 0 Å². The number of rotatable bonds is 4. The van der Waals surface area contributed by atoms with Crippen LogP contribution in [0.1, 0.15) is 5.82 Å². The number of nitrogens with zero attached hydrogens (tertiary/aromatic N) is 4. The Kier molecular flexibility index (Phi) is 3.74. The first-order chi connectivity index (χ1) is 9.52. The first-order valence-corrected chi connectivity index (χ1v) is 6.79. The van der Waals surface area contributed by atoms with E-state index in [0.717, 1.165) is 0 Å². The number of aromatic nitrogens is 4. The summed E-state index contributed by atoms with van der Waals surface area (Å²) in [5, 5.41) is 29.6. The minimum Gasteiger partial charge on any atom is -0.359 e. The van der Waals surface area contributed by atoms with Crippen molar-refractivity contribution in [3.05, 3.63) is 36.3 Å². The fourth-order valence-electron chi connectivity index (χ4n) is 1.41. The summed E-state index contributed by atoms with van der Waals surface area (Å²) in [6.45, 7) is 0. The number of tetrazole rings is 1. The van der Waals surface area contributed by atoms with E-state index in [1.165, 1.54) is 18.3 Å². The minimum atomic E-state index is -3.87. The van der Waals surface area contributed by atoms with Crippen LogP contribution in [0.15, 0.2) is 35.4 Å². The third-order valence-corrected chi connectivity index (χ3v) is 3.24. The molecule has 0 aliphatic heterocycles. The highest BCUT2D eigenvalue weighted by Crippen LogP contribution is 2.20. The molecular weight excluding hydrogens is 282 g/mol. The van der Waals surface area contributed by atoms with Crippen molar-refractivity contribution >= 4 is 21.3 Å². The molecule has 0 atom stereocenters. The van der Waals surface area contributed by atoms with E-state index in [9.17, 15) is 8.42 Å². The molecule has 0 spiro atoms. The molecule has 102 valence electrons. The van der Waals surface area contributed by atoms with Gasteiger partial charge >= 0.3 is 0 Å². The van der Waals surface area contributed by atoms with Gasteiger partial charge in [-0.2, -0.15) is 10.5 Å². The van der Waals surface area contributed by atoms with Crippen molar-refractivity contribution in [2.75, 3.05) is 5.32 Å². The SMILES string of the molecule is N#CC(=CNc1ccccc1S(N)(=O)=O)c1nn[nH]n1. The van der Waals surface area contributed by atoms with Crippen LogP contribution in [0.5, 0.6) is 0 Å². The second-order valence-electron chi connectivity index (χ2n) is 3.59. The zero-order valence-electron chi connectivity index (χ0n) is 9.98. The first kappa shape index (κ1) is 13.7. The molecule has 0 fully saturated rings. The molecule has 9 nitrogen and oxygen atoms in total. The van der Waals surface area contributed by atoms with E-state index in [1.54, 1.807) is 12.1 Å². The van der Waals surface area contributed by atoms with E-state index in [-0.39, 0.29) is 22.0 Å². The summed E-state index contributed by atoms with van der Waals surface area (Å²) in [7, 11) is -3.87. The summed E-state index contributed by atoms with van der Waals surface area (Å²) in [6, 6.07) is 7.91. The molecule has 2 aromatic rings. The van der Waals surface area contributed by atoms with Gasteiger partial charge < -0.3 is 5.32 Å². The molecule has 0 saturated heterocycles. The summed E-state index contributed by atoms with van der Waals surface area (Å²) in [5.74, 6) is 0.0908. The predicted octanol–water partition coefficient (Wildman–Crippen LogP) is -0.176. The van der Waals surface area contributed by atoms with Crippen LogP contribution in [-0.4, -0.2) is 29.0 Å². The Morgan fingerprint density at radius 3 is 2.80 bits per heavy atom. The molecule has 1 aromatic carbocycles. The van der Waals surface area contributed by atoms with Crippen LogP contribution in [0.2, 0.25) is 0 Å². The number of sulfonamides is 1. The maximum atomic E-state index is 11.4. The van der Waals surface area contributed by atoms with Crippen LogP contribution in [-0.2, 0) is 10.0 Å². The van der Waals surface area contributed by atoms with Crippen LogP contribution in [0.25, 0.3) is 5.57 Å². The first-order valence-electron chi connectivity index (χ1n) is 5.25. The molecule has 0 amide bonds. The second-order valence-corrected chi connectivity index (χ2v) is 5.12. The van der Waals surface area contributed by atoms with Gasteiger partial charge in [0.2, 0.25) is 15.8 Å². The smallest absolute Gasteiger partial charge is 0.240 e. The van der Waals surface area contributed by atoms with E-state index < -0.39 is 10.0 Å². The van der Waals surface area contributed by atoms with Crippen molar-refractivity contribution in [1.29, 1.82) is 5.26 Å². The molecule has 0 aliphatic rings. The molecule has 10 heteroatoms. The lowest BCUT2D eigenvalue weighted by Crippen LogP contribution is -2.14. The lowest BCUT2D eigenvalue weighted by atomic mass is 10.3. The van der Waals surface area contributed by atoms with Crippen molar-refractivity contribution in [1.82, 2.24) is 20.6 Å². The van der Waals surface area contributed by atoms with Crippen molar-refractivity contribution in [3.8, 4) is 6.07 Å². The molecule has 4 N–H and O–H groups in total. The van der Waals surface area contributed by atoms with Gasteiger partial charge in [0.1, 0.15) is 16.5 Å². The van der Waals surface area contributed by atoms with Gasteiger partial charge in [-0.05, 0) is 17.3 Å². The third kappa shape index (κ3) is 2.97. The van der Waals surface area contributed by atoms with E-state index in [0.29, 0.717) is 0 Å². The molecule has 1 aromatic heterocycles. The van der Waals surface area contributed by atoms with Crippen LogP contribution >= 0.6 is 0 Å². The Balaban J connectivity index is 2.35. The number of hydrogen-bond donors (Lipinski definition) is 3. The Morgan fingerprint density at radius 2 is 2.20 bits per heavy atom. The number of aromatic amines is 1. The van der Waals surface area contributed by atoms with Gasteiger partial charge in [-0.1, -0.05) is 12.1 Å². The average molecular weight is 291 g/mol. The van der Waals surface area contributed by atoms with Gasteiger partial charge in [-0.25, -0.2) is 13.6 Å². The Labute approximate surface area is 114 Å². The largest absolute Gasteiger partial charge is 0.359 e. The molecule has 20 heavy (non-hydrogen) atoms. The third-order valence-electron chi connectivity index (χ3n) is 2.27. The highest BCUT2D eigenvalue weighted by molar-refractivity contribution is 7.89. The minimum absolute atomic E-state index is 0.0818. The quantitative estimate of drug-likeness (QED) is 0.661. The second kappa shape index (κ2) is 5.47. The van der Waals surface area contributed by atoms with Gasteiger partial charge in [0.15, 0.2) is 0 Å². The monoisotopic (exact) mass is 291 g/mol. The van der Waals surface area contributed by atoms with Crippen LogP contribution in [0.3, 0.4) is 0 Å². The van der Waals surface area contributed by atoms with Crippen LogP contribution < -0.4 is 10.5 Å². The number of benzene rings is 1. The average Bonchev–Trinajstić information content (AvgIpc) is 2.93. The van der Waals surface area contributed by atoms with E-state index in [2.05, 4.69) is 25.9 Å². The summed E-state index contributed by atoms with van der Waals surface area (Å²) >= 11 is 0. The lowest BCUT2D eigenvalue weighted by Gasteiger charge is -2.06. The highest BCUT2D eigenvalue weighted by Gasteiger charge is 2.13. The molecule has 0 bridgehead atoms. The molecule has 1 heterocycles. The molecule has 0 aliphatic carbocycles. The van der Waals surface area contributed by atoms with Gasteiger partial charge in [-0.3, -0.25) is 0 Å². The number of anilines is 1. The van der Waals surface area contributed by atoms with Gasteiger partial charge in [-0.15, -0.1) is 10.2 Å². The number of nitrogens with one attached hydrogen (secondary N) is 2. The number of hydrogen-bond acceptors (Lipinski definition) is 7. The number of nitrogens with two attached hydrogens (primary N) is 1. The summed E-state index contributed by atoms with van der Waals surface area (Å²) in [5.41, 5.74) is 0.328. The van der Waals surface area contributed by atoms with Gasteiger partial charge in [0.25, 0.3) is 0 Å². The predicted molar refractivity (Wildman–Crippen MR) is 69.2 cm³/mol. The van der Waals surface area contributed by atoms with Crippen LogP contribution in [0.4, 0.5) is 5.69 Å². The molecular formula is C10H9N7O2S. The standard InChI is InChI=1S/C10H9N7O2S/c11-5-7(10-14-16-17-15-10)6-13-8-3-1-2-4-9(8)20(12,18)19/h1-4,6,13H,(H2,12,18,19)(H,14,15,16,17). The number of allylic oxidation sites excluding steroid dienone is 1. The zero-order chi connectivity index (χ0) is 14.6. The van der Waals surface area contributed by atoms with Crippen molar-refractivity contribution in [2.24, 2.45) is 5.14 Å². The topological polar surface area (TPSA) is 150 Å². The van der Waals surface area contributed by atoms with Gasteiger partial charge in [0.05, 0.1) is 5.69 Å². The maximum absolute atomic E-state index is 11.4. The van der Waals surface area contributed by atoms with Gasteiger partial charge in [0, 0.05) is 6.20 Å². The molecule has 0 radical (unpaired) electrons. The molecule has 0 unspecified atom stereocenters. The number of nitriles is 1. The van der Waals surface area contributed by atoms with Crippen molar-refractivity contribution < 1.29 is 8.42 Å². The van der Waals surface area contributed by atoms with Crippen molar-refractivity contribution in [3.63, 3.8) is 0 Å². The summed E-state index contributed by atoms with van der Waals surface area (Å²) < 4.78 is 22.8. The van der Waals surface area contributed by atoms with E-state index in [1.807, 2.05) is 6.07 Å². The fraction of sp³-hybridized carbons (Fsp3) is 0. The Bertz CT molecular complexity index is 774. The fourth-order valence-corrected chi connectivity index (χ4v) is 2.11. The Hall–Kier alpha value is -2.77. The number of para-hydroxylation sites is 1.